The number of nitrogens with zero attached hydrogens (tertiary/aromatic N) is 1. The predicted octanol–water partition coefficient (Wildman–Crippen LogP) is 1.63. The van der Waals surface area contributed by atoms with Crippen LogP contribution in [0, 0.1) is 0 Å². The molecule has 1 aromatic carbocycles. The smallest absolute Gasteiger partial charge is 0.294 e. The van der Waals surface area contributed by atoms with Gasteiger partial charge in [-0.15, -0.1) is 24.8 Å². The summed E-state index contributed by atoms with van der Waals surface area (Å²) in [6.45, 7) is 2.25. The summed E-state index contributed by atoms with van der Waals surface area (Å²) in [7, 11) is 0. The molecule has 20 heavy (non-hydrogen) atoms. The summed E-state index contributed by atoms with van der Waals surface area (Å²) in [5.41, 5.74) is 3.80. The van der Waals surface area contributed by atoms with Crippen LogP contribution >= 0.6 is 24.8 Å². The van der Waals surface area contributed by atoms with Gasteiger partial charge in [-0.05, 0) is 12.8 Å². The SMILES string of the molecule is Cl.Cl.NNC1CCN(C(OC=O)c2ccccc2)CC1. The van der Waals surface area contributed by atoms with E-state index in [1.54, 1.807) is 0 Å². The van der Waals surface area contributed by atoms with Gasteiger partial charge in [0.1, 0.15) is 0 Å². The topological polar surface area (TPSA) is 67.6 Å². The normalized spacial score (nSPS) is 17.4. The van der Waals surface area contributed by atoms with Crippen molar-refractivity contribution in [3.05, 3.63) is 35.9 Å². The van der Waals surface area contributed by atoms with Gasteiger partial charge < -0.3 is 4.74 Å². The number of nitrogens with one attached hydrogen (secondary N) is 1. The van der Waals surface area contributed by atoms with Crippen LogP contribution in [0.3, 0.4) is 0 Å². The van der Waals surface area contributed by atoms with Gasteiger partial charge in [-0.25, -0.2) is 0 Å². The van der Waals surface area contributed by atoms with E-state index in [1.165, 1.54) is 0 Å². The van der Waals surface area contributed by atoms with Crippen molar-refractivity contribution in [3.63, 3.8) is 0 Å². The standard InChI is InChI=1S/C13H19N3O2.2ClH/c14-15-12-6-8-16(9-7-12)13(18-10-17)11-4-2-1-3-5-11;;/h1-5,10,12-13,15H,6-9,14H2;2*1H. The van der Waals surface area contributed by atoms with Gasteiger partial charge in [-0.2, -0.15) is 0 Å². The van der Waals surface area contributed by atoms with Gasteiger partial charge >= 0.3 is 0 Å². The van der Waals surface area contributed by atoms with Gasteiger partial charge in [-0.3, -0.25) is 21.0 Å². The second-order valence-corrected chi connectivity index (χ2v) is 4.47. The molecular formula is C13H21Cl2N3O2. The molecule has 0 aromatic heterocycles. The molecule has 1 aromatic rings. The van der Waals surface area contributed by atoms with Gasteiger partial charge in [0.2, 0.25) is 0 Å². The number of carbonyl (C=O) groups is 1. The molecule has 5 nitrogen and oxygen atoms in total. The van der Waals surface area contributed by atoms with Crippen LogP contribution in [0.2, 0.25) is 0 Å². The molecule has 0 aliphatic carbocycles. The molecule has 0 bridgehead atoms. The summed E-state index contributed by atoms with van der Waals surface area (Å²) < 4.78 is 5.23. The fraction of sp³-hybridized carbons (Fsp3) is 0.462. The highest BCUT2D eigenvalue weighted by molar-refractivity contribution is 5.85. The molecule has 114 valence electrons. The Balaban J connectivity index is 0.00000180. The van der Waals surface area contributed by atoms with Crippen molar-refractivity contribution < 1.29 is 9.53 Å². The number of halogens is 2. The Morgan fingerprint density at radius 3 is 2.35 bits per heavy atom. The molecular weight excluding hydrogens is 301 g/mol. The number of rotatable bonds is 5. The van der Waals surface area contributed by atoms with E-state index in [0.717, 1.165) is 31.5 Å². The van der Waals surface area contributed by atoms with Crippen LogP contribution in [0.1, 0.15) is 24.6 Å². The maximum Gasteiger partial charge on any atom is 0.294 e. The molecule has 1 aliphatic heterocycles. The fourth-order valence-corrected chi connectivity index (χ4v) is 2.35. The van der Waals surface area contributed by atoms with Crippen molar-refractivity contribution in [3.8, 4) is 0 Å². The minimum Gasteiger partial charge on any atom is -0.444 e. The Kier molecular flexibility index (Phi) is 9.54. The zero-order chi connectivity index (χ0) is 12.8. The lowest BCUT2D eigenvalue weighted by molar-refractivity contribution is -0.145. The summed E-state index contributed by atoms with van der Waals surface area (Å²) in [5.74, 6) is 5.44. The maximum absolute atomic E-state index is 10.7. The fourth-order valence-electron chi connectivity index (χ4n) is 2.35. The Morgan fingerprint density at radius 1 is 1.25 bits per heavy atom. The highest BCUT2D eigenvalue weighted by atomic mass is 35.5. The Morgan fingerprint density at radius 2 is 1.85 bits per heavy atom. The molecule has 1 fully saturated rings. The number of carbonyl (C=O) groups excluding carboxylic acids is 1. The van der Waals surface area contributed by atoms with E-state index in [2.05, 4.69) is 10.3 Å². The van der Waals surface area contributed by atoms with Crippen molar-refractivity contribution in [2.45, 2.75) is 25.1 Å². The number of benzene rings is 1. The van der Waals surface area contributed by atoms with E-state index >= 15 is 0 Å². The summed E-state index contributed by atoms with van der Waals surface area (Å²) in [5, 5.41) is 0. The number of piperidine rings is 1. The predicted molar refractivity (Wildman–Crippen MR) is 82.7 cm³/mol. The molecule has 1 aliphatic rings. The van der Waals surface area contributed by atoms with Crippen molar-refractivity contribution >= 4 is 31.3 Å². The summed E-state index contributed by atoms with van der Waals surface area (Å²) in [6, 6.07) is 10.2. The quantitative estimate of drug-likeness (QED) is 0.490. The number of nitrogens with two attached hydrogens (primary N) is 1. The first-order valence-corrected chi connectivity index (χ1v) is 6.19. The third kappa shape index (κ3) is 4.92. The van der Waals surface area contributed by atoms with Crippen molar-refractivity contribution in [1.29, 1.82) is 0 Å². The molecule has 1 atom stereocenters. The van der Waals surface area contributed by atoms with Crippen LogP contribution in [0.4, 0.5) is 0 Å². The highest BCUT2D eigenvalue weighted by Crippen LogP contribution is 2.24. The van der Waals surface area contributed by atoms with Crippen LogP contribution in [-0.2, 0) is 9.53 Å². The van der Waals surface area contributed by atoms with E-state index in [0.29, 0.717) is 12.5 Å². The number of ether oxygens (including phenoxy) is 1. The third-order valence-corrected chi connectivity index (χ3v) is 3.37. The molecule has 2 rings (SSSR count). The summed E-state index contributed by atoms with van der Waals surface area (Å²) in [6.07, 6.45) is 1.63. The Labute approximate surface area is 131 Å². The van der Waals surface area contributed by atoms with E-state index in [-0.39, 0.29) is 31.0 Å². The summed E-state index contributed by atoms with van der Waals surface area (Å²) >= 11 is 0. The molecule has 0 spiro atoms. The second kappa shape index (κ2) is 9.96. The van der Waals surface area contributed by atoms with Crippen LogP contribution in [0.5, 0.6) is 0 Å². The van der Waals surface area contributed by atoms with Crippen LogP contribution < -0.4 is 11.3 Å². The zero-order valence-electron chi connectivity index (χ0n) is 11.1. The maximum atomic E-state index is 10.7. The van der Waals surface area contributed by atoms with Gasteiger partial charge in [0.15, 0.2) is 6.23 Å². The van der Waals surface area contributed by atoms with Crippen molar-refractivity contribution in [2.24, 2.45) is 5.84 Å². The average molecular weight is 322 g/mol. The molecule has 0 radical (unpaired) electrons. The number of likely N-dealkylation sites (tertiary alicyclic amines) is 1. The summed E-state index contributed by atoms with van der Waals surface area (Å²) in [4.78, 5) is 12.8. The van der Waals surface area contributed by atoms with E-state index in [4.69, 9.17) is 10.6 Å². The number of hydrogen-bond acceptors (Lipinski definition) is 5. The van der Waals surface area contributed by atoms with Gasteiger partial charge in [-0.1, -0.05) is 30.3 Å². The van der Waals surface area contributed by atoms with E-state index in [1.807, 2.05) is 30.3 Å². The lowest BCUT2D eigenvalue weighted by Gasteiger charge is -2.36. The Hall–Kier alpha value is -0.850. The first-order chi connectivity index (χ1) is 8.85. The van der Waals surface area contributed by atoms with E-state index < -0.39 is 0 Å². The largest absolute Gasteiger partial charge is 0.444 e. The molecule has 1 saturated heterocycles. The van der Waals surface area contributed by atoms with Crippen molar-refractivity contribution in [2.75, 3.05) is 13.1 Å². The molecule has 7 heteroatoms. The van der Waals surface area contributed by atoms with Gasteiger partial charge in [0.25, 0.3) is 6.47 Å². The Bertz CT molecular complexity index is 373. The van der Waals surface area contributed by atoms with E-state index in [9.17, 15) is 4.79 Å². The monoisotopic (exact) mass is 321 g/mol. The van der Waals surface area contributed by atoms with Crippen LogP contribution in [-0.4, -0.2) is 30.5 Å². The van der Waals surface area contributed by atoms with Gasteiger partial charge in [0.05, 0.1) is 0 Å². The van der Waals surface area contributed by atoms with Crippen LogP contribution in [0.25, 0.3) is 0 Å². The first kappa shape index (κ1) is 19.1. The number of hydrogen-bond donors (Lipinski definition) is 2. The number of hydrazine groups is 1. The molecule has 1 unspecified atom stereocenters. The minimum absolute atomic E-state index is 0. The molecule has 1 heterocycles. The lowest BCUT2D eigenvalue weighted by atomic mass is 10.0. The third-order valence-electron chi connectivity index (χ3n) is 3.37. The lowest BCUT2D eigenvalue weighted by Crippen LogP contribution is -2.46. The highest BCUT2D eigenvalue weighted by Gasteiger charge is 2.26. The van der Waals surface area contributed by atoms with Gasteiger partial charge in [0, 0.05) is 24.7 Å². The average Bonchev–Trinajstić information content (AvgIpc) is 2.46. The zero-order valence-corrected chi connectivity index (χ0v) is 12.7. The second-order valence-electron chi connectivity index (χ2n) is 4.47. The molecule has 0 saturated carbocycles. The first-order valence-electron chi connectivity index (χ1n) is 6.19. The van der Waals surface area contributed by atoms with Crippen LogP contribution in [0.15, 0.2) is 30.3 Å². The molecule has 0 amide bonds. The van der Waals surface area contributed by atoms with Crippen molar-refractivity contribution in [1.82, 2.24) is 10.3 Å². The minimum atomic E-state index is -0.289. The molecule has 3 N–H and O–H groups in total.